The Bertz CT molecular complexity index is 1050. The number of sulfonamides is 1. The molecular weight excluding hydrogens is 432 g/mol. The zero-order valence-electron chi connectivity index (χ0n) is 19.9. The summed E-state index contributed by atoms with van der Waals surface area (Å²) in [5.41, 5.74) is 3.45. The number of nitrogens with zero attached hydrogens (tertiary/aromatic N) is 2. The van der Waals surface area contributed by atoms with Crippen LogP contribution in [0.1, 0.15) is 48.8 Å². The Labute approximate surface area is 198 Å². The van der Waals surface area contributed by atoms with Gasteiger partial charge in [-0.3, -0.25) is 4.79 Å². The Morgan fingerprint density at radius 2 is 1.55 bits per heavy atom. The molecule has 0 saturated carbocycles. The second-order valence-corrected chi connectivity index (χ2v) is 11.7. The lowest BCUT2D eigenvalue weighted by molar-refractivity contribution is -0.138. The van der Waals surface area contributed by atoms with Crippen LogP contribution in [0.4, 0.5) is 0 Å². The van der Waals surface area contributed by atoms with Crippen molar-refractivity contribution in [3.8, 4) is 0 Å². The fourth-order valence-electron chi connectivity index (χ4n) is 5.08. The molecule has 178 valence electrons. The van der Waals surface area contributed by atoms with Gasteiger partial charge in [0.05, 0.1) is 4.90 Å². The summed E-state index contributed by atoms with van der Waals surface area (Å²) in [5.74, 6) is 0.844. The largest absolute Gasteiger partial charge is 0.342 e. The van der Waals surface area contributed by atoms with Crippen molar-refractivity contribution in [1.82, 2.24) is 9.21 Å². The van der Waals surface area contributed by atoms with Crippen LogP contribution in [0.15, 0.2) is 53.4 Å². The minimum absolute atomic E-state index is 0.0583. The fourth-order valence-corrected chi connectivity index (χ4v) is 6.64. The van der Waals surface area contributed by atoms with Gasteiger partial charge in [0.1, 0.15) is 0 Å². The van der Waals surface area contributed by atoms with E-state index in [0.29, 0.717) is 36.7 Å². The summed E-state index contributed by atoms with van der Waals surface area (Å²) in [6, 6.07) is 15.9. The number of carbonyl (C=O) groups excluding carboxylic acids is 1. The monoisotopic (exact) mass is 468 g/mol. The summed E-state index contributed by atoms with van der Waals surface area (Å²) in [7, 11) is -3.50. The highest BCUT2D eigenvalue weighted by Crippen LogP contribution is 2.28. The highest BCUT2D eigenvalue weighted by Gasteiger charge is 2.34. The molecule has 0 atom stereocenters. The van der Waals surface area contributed by atoms with E-state index < -0.39 is 10.0 Å². The second-order valence-electron chi connectivity index (χ2n) is 9.72. The average molecular weight is 469 g/mol. The molecule has 2 saturated heterocycles. The first kappa shape index (κ1) is 24.0. The SMILES string of the molecule is Cc1ccc(S(=O)(=O)N2CCC(C(=O)N3CCC(CCc4ccccc4)CC3)CC2)cc1C. The van der Waals surface area contributed by atoms with Crippen LogP contribution < -0.4 is 0 Å². The maximum atomic E-state index is 13.1. The molecule has 2 aromatic carbocycles. The smallest absolute Gasteiger partial charge is 0.243 e. The summed E-state index contributed by atoms with van der Waals surface area (Å²) in [4.78, 5) is 15.5. The number of aryl methyl sites for hydroxylation is 3. The van der Waals surface area contributed by atoms with Gasteiger partial charge in [-0.1, -0.05) is 36.4 Å². The molecule has 0 aliphatic carbocycles. The maximum absolute atomic E-state index is 13.1. The Balaban J connectivity index is 1.25. The molecule has 2 heterocycles. The summed E-state index contributed by atoms with van der Waals surface area (Å²) in [6.07, 6.45) is 5.64. The van der Waals surface area contributed by atoms with Gasteiger partial charge in [0.2, 0.25) is 15.9 Å². The van der Waals surface area contributed by atoms with Gasteiger partial charge in [0.15, 0.2) is 0 Å². The molecule has 2 aliphatic heterocycles. The van der Waals surface area contributed by atoms with E-state index in [-0.39, 0.29) is 11.8 Å². The normalized spacial score (nSPS) is 19.0. The number of likely N-dealkylation sites (tertiary alicyclic amines) is 1. The molecule has 1 amide bonds. The molecule has 33 heavy (non-hydrogen) atoms. The Kier molecular flexibility index (Phi) is 7.55. The summed E-state index contributed by atoms with van der Waals surface area (Å²) >= 11 is 0. The lowest BCUT2D eigenvalue weighted by Gasteiger charge is -2.37. The van der Waals surface area contributed by atoms with Gasteiger partial charge in [-0.15, -0.1) is 0 Å². The van der Waals surface area contributed by atoms with Gasteiger partial charge in [-0.25, -0.2) is 8.42 Å². The van der Waals surface area contributed by atoms with Crippen LogP contribution in [-0.2, 0) is 21.2 Å². The third-order valence-corrected chi connectivity index (χ3v) is 9.42. The minimum atomic E-state index is -3.50. The number of carbonyl (C=O) groups is 1. The van der Waals surface area contributed by atoms with E-state index >= 15 is 0 Å². The van der Waals surface area contributed by atoms with E-state index in [2.05, 4.69) is 30.3 Å². The van der Waals surface area contributed by atoms with E-state index in [1.165, 1.54) is 12.0 Å². The number of amides is 1. The van der Waals surface area contributed by atoms with E-state index in [0.717, 1.165) is 43.5 Å². The number of hydrogen-bond donors (Lipinski definition) is 0. The molecular formula is C27H36N2O3S. The molecule has 0 spiro atoms. The van der Waals surface area contributed by atoms with Crippen molar-refractivity contribution in [3.05, 3.63) is 65.2 Å². The van der Waals surface area contributed by atoms with Crippen LogP contribution in [0.5, 0.6) is 0 Å². The predicted octanol–water partition coefficient (Wildman–Crippen LogP) is 4.58. The molecule has 0 N–H and O–H groups in total. The second kappa shape index (κ2) is 10.4. The Hall–Kier alpha value is -2.18. The Morgan fingerprint density at radius 3 is 2.18 bits per heavy atom. The fraction of sp³-hybridized carbons (Fsp3) is 0.519. The van der Waals surface area contributed by atoms with Gasteiger partial charge in [0, 0.05) is 32.1 Å². The van der Waals surface area contributed by atoms with Gasteiger partial charge < -0.3 is 4.90 Å². The van der Waals surface area contributed by atoms with E-state index in [1.807, 2.05) is 24.8 Å². The molecule has 0 unspecified atom stereocenters. The molecule has 0 bridgehead atoms. The van der Waals surface area contributed by atoms with Crippen molar-refractivity contribution in [3.63, 3.8) is 0 Å². The number of hydrogen-bond acceptors (Lipinski definition) is 3. The first-order valence-electron chi connectivity index (χ1n) is 12.2. The zero-order valence-corrected chi connectivity index (χ0v) is 20.7. The van der Waals surface area contributed by atoms with Gasteiger partial charge in [-0.2, -0.15) is 4.31 Å². The topological polar surface area (TPSA) is 57.7 Å². The minimum Gasteiger partial charge on any atom is -0.342 e. The predicted molar refractivity (Wildman–Crippen MR) is 131 cm³/mol. The quantitative estimate of drug-likeness (QED) is 0.624. The molecule has 4 rings (SSSR count). The van der Waals surface area contributed by atoms with Crippen LogP contribution in [0, 0.1) is 25.7 Å². The summed E-state index contributed by atoms with van der Waals surface area (Å²) in [5, 5.41) is 0. The highest BCUT2D eigenvalue weighted by atomic mass is 32.2. The first-order valence-corrected chi connectivity index (χ1v) is 13.7. The number of rotatable bonds is 6. The number of piperidine rings is 2. The standard InChI is InChI=1S/C27H36N2O3S/c1-21-8-11-26(20-22(21)2)33(31,32)29-18-14-25(15-19-29)27(30)28-16-12-24(13-17-28)10-9-23-6-4-3-5-7-23/h3-8,11,20,24-25H,9-10,12-19H2,1-2H3. The van der Waals surface area contributed by atoms with Crippen molar-refractivity contribution in [2.45, 2.75) is 57.3 Å². The molecule has 2 aromatic rings. The van der Waals surface area contributed by atoms with Crippen LogP contribution in [0.2, 0.25) is 0 Å². The molecule has 2 fully saturated rings. The third-order valence-electron chi connectivity index (χ3n) is 7.53. The van der Waals surface area contributed by atoms with Crippen LogP contribution in [-0.4, -0.2) is 49.7 Å². The average Bonchev–Trinajstić information content (AvgIpc) is 2.85. The van der Waals surface area contributed by atoms with Gasteiger partial charge in [0.25, 0.3) is 0 Å². The lowest BCUT2D eigenvalue weighted by atomic mass is 9.89. The van der Waals surface area contributed by atoms with E-state index in [4.69, 9.17) is 0 Å². The maximum Gasteiger partial charge on any atom is 0.243 e. The third kappa shape index (κ3) is 5.67. The molecule has 5 nitrogen and oxygen atoms in total. The van der Waals surface area contributed by atoms with E-state index in [1.54, 1.807) is 16.4 Å². The number of benzene rings is 2. The van der Waals surface area contributed by atoms with E-state index in [9.17, 15) is 13.2 Å². The van der Waals surface area contributed by atoms with Crippen molar-refractivity contribution in [2.75, 3.05) is 26.2 Å². The molecule has 0 radical (unpaired) electrons. The van der Waals surface area contributed by atoms with Gasteiger partial charge in [-0.05, 0) is 87.1 Å². The van der Waals surface area contributed by atoms with Crippen molar-refractivity contribution in [2.24, 2.45) is 11.8 Å². The zero-order chi connectivity index (χ0) is 23.4. The highest BCUT2D eigenvalue weighted by molar-refractivity contribution is 7.89. The molecule has 6 heteroatoms. The van der Waals surface area contributed by atoms with Crippen molar-refractivity contribution < 1.29 is 13.2 Å². The van der Waals surface area contributed by atoms with Crippen molar-refractivity contribution in [1.29, 1.82) is 0 Å². The Morgan fingerprint density at radius 1 is 0.879 bits per heavy atom. The van der Waals surface area contributed by atoms with Crippen LogP contribution in [0.25, 0.3) is 0 Å². The summed E-state index contributed by atoms with van der Waals surface area (Å²) in [6.45, 7) is 6.41. The first-order chi connectivity index (χ1) is 15.8. The van der Waals surface area contributed by atoms with Crippen LogP contribution in [0.3, 0.4) is 0 Å². The van der Waals surface area contributed by atoms with Crippen molar-refractivity contribution >= 4 is 15.9 Å². The molecule has 0 aromatic heterocycles. The van der Waals surface area contributed by atoms with Gasteiger partial charge >= 0.3 is 0 Å². The van der Waals surface area contributed by atoms with Crippen LogP contribution >= 0.6 is 0 Å². The molecule has 2 aliphatic rings. The summed E-state index contributed by atoms with van der Waals surface area (Å²) < 4.78 is 27.7. The lowest BCUT2D eigenvalue weighted by Crippen LogP contribution is -2.46.